The van der Waals surface area contributed by atoms with Crippen LogP contribution in [-0.2, 0) is 14.9 Å². The average molecular weight is 323 g/mol. The predicted molar refractivity (Wildman–Crippen MR) is 79.4 cm³/mol. The number of amides is 1. The first-order valence-corrected chi connectivity index (χ1v) is 8.38. The summed E-state index contributed by atoms with van der Waals surface area (Å²) in [4.78, 5) is 11.5. The fourth-order valence-electron chi connectivity index (χ4n) is 2.18. The number of nitrogens with one attached hydrogen (secondary N) is 2. The Bertz CT molecular complexity index is 470. The normalized spacial score (nSPS) is 18.6. The molecule has 1 aliphatic carbocycles. The summed E-state index contributed by atoms with van der Waals surface area (Å²) in [7, 11) is -4.07. The van der Waals surface area contributed by atoms with Crippen LogP contribution in [0.3, 0.4) is 0 Å². The molecule has 0 aromatic carbocycles. The summed E-state index contributed by atoms with van der Waals surface area (Å²) in [6.45, 7) is 3.24. The van der Waals surface area contributed by atoms with Gasteiger partial charge in [-0.05, 0) is 26.7 Å². The van der Waals surface area contributed by atoms with Gasteiger partial charge >= 0.3 is 16.3 Å². The Morgan fingerprint density at radius 3 is 2.30 bits per heavy atom. The Hall–Kier alpha value is -0.930. The number of ether oxygens (including phenoxy) is 1. The number of carbonyl (C=O) groups excluding carboxylic acids is 1. The van der Waals surface area contributed by atoms with Gasteiger partial charge in [-0.3, -0.25) is 0 Å². The van der Waals surface area contributed by atoms with Crippen LogP contribution in [0.1, 0.15) is 46.0 Å². The van der Waals surface area contributed by atoms with Crippen molar-refractivity contribution >= 4 is 33.5 Å². The fraction of sp³-hybridized carbons (Fsp3) is 0.818. The van der Waals surface area contributed by atoms with Crippen LogP contribution in [0.5, 0.6) is 0 Å². The molecule has 0 heterocycles. The standard InChI is InChI=1S/C11H21N3O4S2/c1-8(2)18-10(15)13-20(16,17)14-11(9(12)19)6-4-3-5-7-11/h8,14H,3-7H2,1-2H3,(H2,12,19)(H,13,15). The van der Waals surface area contributed by atoms with Gasteiger partial charge in [0.15, 0.2) is 0 Å². The Morgan fingerprint density at radius 1 is 1.30 bits per heavy atom. The molecule has 20 heavy (non-hydrogen) atoms. The monoisotopic (exact) mass is 323 g/mol. The second-order valence-electron chi connectivity index (χ2n) is 5.17. The first-order valence-electron chi connectivity index (χ1n) is 6.49. The zero-order valence-electron chi connectivity index (χ0n) is 11.6. The molecule has 0 spiro atoms. The Labute approximate surface area is 124 Å². The number of rotatable bonds is 5. The smallest absolute Gasteiger partial charge is 0.422 e. The molecule has 1 amide bonds. The summed E-state index contributed by atoms with van der Waals surface area (Å²) in [5.74, 6) is 0. The Balaban J connectivity index is 2.77. The van der Waals surface area contributed by atoms with E-state index in [0.29, 0.717) is 12.8 Å². The van der Waals surface area contributed by atoms with E-state index in [0.717, 1.165) is 19.3 Å². The van der Waals surface area contributed by atoms with Crippen molar-refractivity contribution in [3.05, 3.63) is 0 Å². The quantitative estimate of drug-likeness (QED) is 0.650. The molecule has 9 heteroatoms. The molecule has 0 aromatic heterocycles. The summed E-state index contributed by atoms with van der Waals surface area (Å²) < 4.78 is 32.9. The van der Waals surface area contributed by atoms with Crippen LogP contribution in [0, 0.1) is 0 Å². The first kappa shape index (κ1) is 17.1. The van der Waals surface area contributed by atoms with Gasteiger partial charge in [-0.25, -0.2) is 9.52 Å². The average Bonchev–Trinajstić information content (AvgIpc) is 2.26. The molecule has 0 atom stereocenters. The Kier molecular flexibility index (Phi) is 5.72. The fourth-order valence-corrected chi connectivity index (χ4v) is 3.65. The van der Waals surface area contributed by atoms with Crippen molar-refractivity contribution in [3.8, 4) is 0 Å². The molecule has 0 aliphatic heterocycles. The molecule has 116 valence electrons. The van der Waals surface area contributed by atoms with Gasteiger partial charge in [0.1, 0.15) is 0 Å². The van der Waals surface area contributed by atoms with Crippen molar-refractivity contribution in [3.63, 3.8) is 0 Å². The summed E-state index contributed by atoms with van der Waals surface area (Å²) in [5, 5.41) is 0. The van der Waals surface area contributed by atoms with E-state index in [9.17, 15) is 13.2 Å². The second-order valence-corrected chi connectivity index (χ2v) is 7.02. The van der Waals surface area contributed by atoms with E-state index >= 15 is 0 Å². The lowest BCUT2D eigenvalue weighted by molar-refractivity contribution is 0.121. The van der Waals surface area contributed by atoms with Crippen LogP contribution in [0.2, 0.25) is 0 Å². The highest BCUT2D eigenvalue weighted by Gasteiger charge is 2.39. The molecule has 1 rings (SSSR count). The first-order chi connectivity index (χ1) is 9.17. The molecule has 0 radical (unpaired) electrons. The van der Waals surface area contributed by atoms with Crippen molar-refractivity contribution in [1.82, 2.24) is 9.44 Å². The van der Waals surface area contributed by atoms with E-state index < -0.39 is 27.9 Å². The summed E-state index contributed by atoms with van der Waals surface area (Å²) >= 11 is 4.99. The lowest BCUT2D eigenvalue weighted by atomic mass is 9.82. The minimum Gasteiger partial charge on any atom is -0.446 e. The molecular weight excluding hydrogens is 302 g/mol. The van der Waals surface area contributed by atoms with Gasteiger partial charge < -0.3 is 10.5 Å². The van der Waals surface area contributed by atoms with E-state index in [4.69, 9.17) is 22.7 Å². The van der Waals surface area contributed by atoms with Crippen LogP contribution < -0.4 is 15.2 Å². The Morgan fingerprint density at radius 2 is 1.85 bits per heavy atom. The second kappa shape index (κ2) is 6.68. The third kappa shape index (κ3) is 4.88. The van der Waals surface area contributed by atoms with Crippen molar-refractivity contribution in [2.45, 2.75) is 57.6 Å². The molecule has 1 fully saturated rings. The van der Waals surface area contributed by atoms with E-state index in [1.165, 1.54) is 0 Å². The van der Waals surface area contributed by atoms with Crippen LogP contribution in [-0.4, -0.2) is 31.1 Å². The van der Waals surface area contributed by atoms with Gasteiger partial charge in [0.25, 0.3) is 0 Å². The molecule has 1 aliphatic rings. The van der Waals surface area contributed by atoms with Gasteiger partial charge in [0.05, 0.1) is 16.6 Å². The highest BCUT2D eigenvalue weighted by atomic mass is 32.2. The van der Waals surface area contributed by atoms with E-state index in [-0.39, 0.29) is 4.99 Å². The van der Waals surface area contributed by atoms with Gasteiger partial charge in [0, 0.05) is 0 Å². The van der Waals surface area contributed by atoms with Crippen molar-refractivity contribution in [2.75, 3.05) is 0 Å². The van der Waals surface area contributed by atoms with E-state index in [1.807, 2.05) is 0 Å². The maximum absolute atomic E-state index is 12.0. The van der Waals surface area contributed by atoms with Crippen LogP contribution >= 0.6 is 12.2 Å². The molecule has 4 N–H and O–H groups in total. The third-order valence-electron chi connectivity index (χ3n) is 3.07. The largest absolute Gasteiger partial charge is 0.446 e. The number of hydrogen-bond donors (Lipinski definition) is 3. The van der Waals surface area contributed by atoms with Crippen LogP contribution in [0.25, 0.3) is 0 Å². The minimum absolute atomic E-state index is 0.0970. The van der Waals surface area contributed by atoms with E-state index in [2.05, 4.69) is 4.72 Å². The van der Waals surface area contributed by atoms with Gasteiger partial charge in [-0.15, -0.1) is 0 Å². The highest BCUT2D eigenvalue weighted by molar-refractivity contribution is 7.88. The molecule has 0 saturated heterocycles. The number of carbonyl (C=O) groups is 1. The number of hydrogen-bond acceptors (Lipinski definition) is 5. The summed E-state index contributed by atoms with van der Waals surface area (Å²) in [6, 6.07) is 0. The van der Waals surface area contributed by atoms with Crippen LogP contribution in [0.4, 0.5) is 4.79 Å². The summed E-state index contributed by atoms with van der Waals surface area (Å²) in [6.07, 6.45) is 2.29. The third-order valence-corrected chi connectivity index (χ3v) is 4.55. The van der Waals surface area contributed by atoms with Crippen LogP contribution in [0.15, 0.2) is 0 Å². The predicted octanol–water partition coefficient (Wildman–Crippen LogP) is 0.944. The lowest BCUT2D eigenvalue weighted by Crippen LogP contribution is -2.60. The molecule has 0 aromatic rings. The zero-order chi connectivity index (χ0) is 15.4. The SMILES string of the molecule is CC(C)OC(=O)NS(=O)(=O)NC1(C(N)=S)CCCCC1. The molecular formula is C11H21N3O4S2. The topological polar surface area (TPSA) is 111 Å². The highest BCUT2D eigenvalue weighted by Crippen LogP contribution is 2.29. The molecule has 1 saturated carbocycles. The maximum Gasteiger partial charge on any atom is 0.422 e. The maximum atomic E-state index is 12.0. The zero-order valence-corrected chi connectivity index (χ0v) is 13.3. The van der Waals surface area contributed by atoms with Gasteiger partial charge in [-0.1, -0.05) is 31.5 Å². The minimum atomic E-state index is -4.07. The van der Waals surface area contributed by atoms with E-state index in [1.54, 1.807) is 18.6 Å². The molecule has 7 nitrogen and oxygen atoms in total. The van der Waals surface area contributed by atoms with Gasteiger partial charge in [0.2, 0.25) is 0 Å². The van der Waals surface area contributed by atoms with Gasteiger partial charge in [-0.2, -0.15) is 13.1 Å². The van der Waals surface area contributed by atoms with Crippen molar-refractivity contribution in [2.24, 2.45) is 5.73 Å². The number of nitrogens with two attached hydrogens (primary N) is 1. The van der Waals surface area contributed by atoms with Crippen molar-refractivity contribution in [1.29, 1.82) is 0 Å². The van der Waals surface area contributed by atoms with Crippen molar-refractivity contribution < 1.29 is 17.9 Å². The molecule has 0 unspecified atom stereocenters. The number of thiocarbonyl (C=S) groups is 1. The summed E-state index contributed by atoms with van der Waals surface area (Å²) in [5.41, 5.74) is 4.72. The lowest BCUT2D eigenvalue weighted by Gasteiger charge is -2.36. The molecule has 0 bridgehead atoms.